The van der Waals surface area contributed by atoms with E-state index in [1.807, 2.05) is 0 Å². The molecule has 0 aliphatic carbocycles. The Morgan fingerprint density at radius 3 is 2.52 bits per heavy atom. The third-order valence-electron chi connectivity index (χ3n) is 2.70. The maximum atomic E-state index is 13.4. The molecule has 2 rings (SSSR count). The molecule has 2 aromatic rings. The standard InChI is InChI=1S/C13H10F5N3/c14-8-1-2-9(15)7(3-8)5-20-11-4-12(13(16,17)18)21-6-10(11)19/h1-4,6H,5,19H2,(H,20,21). The van der Waals surface area contributed by atoms with E-state index in [4.69, 9.17) is 5.73 Å². The van der Waals surface area contributed by atoms with E-state index in [1.165, 1.54) is 0 Å². The molecule has 1 aromatic carbocycles. The molecule has 8 heteroatoms. The molecule has 0 fully saturated rings. The van der Waals surface area contributed by atoms with Gasteiger partial charge >= 0.3 is 6.18 Å². The van der Waals surface area contributed by atoms with E-state index in [0.717, 1.165) is 24.4 Å². The van der Waals surface area contributed by atoms with Gasteiger partial charge in [0.15, 0.2) is 0 Å². The molecule has 0 amide bonds. The number of pyridine rings is 1. The van der Waals surface area contributed by atoms with Crippen LogP contribution < -0.4 is 11.1 Å². The van der Waals surface area contributed by atoms with Gasteiger partial charge in [0, 0.05) is 12.1 Å². The zero-order valence-corrected chi connectivity index (χ0v) is 10.5. The van der Waals surface area contributed by atoms with E-state index >= 15 is 0 Å². The molecule has 0 saturated heterocycles. The summed E-state index contributed by atoms with van der Waals surface area (Å²) in [5.74, 6) is -1.32. The van der Waals surface area contributed by atoms with Crippen LogP contribution in [0.1, 0.15) is 11.3 Å². The van der Waals surface area contributed by atoms with Crippen LogP contribution in [0.3, 0.4) is 0 Å². The number of aromatic nitrogens is 1. The first-order valence-electron chi connectivity index (χ1n) is 5.78. The molecule has 112 valence electrons. The summed E-state index contributed by atoms with van der Waals surface area (Å²) in [7, 11) is 0. The molecule has 0 atom stereocenters. The predicted molar refractivity (Wildman–Crippen MR) is 67.3 cm³/mol. The van der Waals surface area contributed by atoms with E-state index in [0.29, 0.717) is 6.07 Å². The Balaban J connectivity index is 2.22. The zero-order chi connectivity index (χ0) is 15.6. The monoisotopic (exact) mass is 303 g/mol. The molecule has 3 nitrogen and oxygen atoms in total. The lowest BCUT2D eigenvalue weighted by Crippen LogP contribution is -2.11. The molecule has 0 aliphatic heterocycles. The summed E-state index contributed by atoms with van der Waals surface area (Å²) in [6.07, 6.45) is -3.76. The molecule has 1 heterocycles. The highest BCUT2D eigenvalue weighted by Gasteiger charge is 2.32. The van der Waals surface area contributed by atoms with E-state index in [2.05, 4.69) is 10.3 Å². The maximum absolute atomic E-state index is 13.4. The Kier molecular flexibility index (Phi) is 3.97. The highest BCUT2D eigenvalue weighted by molar-refractivity contribution is 5.65. The average Bonchev–Trinajstić information content (AvgIpc) is 2.40. The van der Waals surface area contributed by atoms with Crippen LogP contribution >= 0.6 is 0 Å². The molecular formula is C13H10F5N3. The Morgan fingerprint density at radius 2 is 1.86 bits per heavy atom. The summed E-state index contributed by atoms with van der Waals surface area (Å²) in [6.45, 7) is -0.213. The second-order valence-corrected chi connectivity index (χ2v) is 4.24. The van der Waals surface area contributed by atoms with Crippen LogP contribution in [0, 0.1) is 11.6 Å². The second kappa shape index (κ2) is 5.55. The number of anilines is 2. The lowest BCUT2D eigenvalue weighted by molar-refractivity contribution is -0.141. The quantitative estimate of drug-likeness (QED) is 0.852. The Hall–Kier alpha value is -2.38. The lowest BCUT2D eigenvalue weighted by Gasteiger charge is -2.12. The van der Waals surface area contributed by atoms with E-state index in [1.54, 1.807) is 0 Å². The molecule has 0 radical (unpaired) electrons. The van der Waals surface area contributed by atoms with E-state index in [9.17, 15) is 22.0 Å². The van der Waals surface area contributed by atoms with Gasteiger partial charge in [0.25, 0.3) is 0 Å². The van der Waals surface area contributed by atoms with Crippen molar-refractivity contribution < 1.29 is 22.0 Å². The van der Waals surface area contributed by atoms with Crippen molar-refractivity contribution in [1.82, 2.24) is 4.98 Å². The molecule has 0 spiro atoms. The van der Waals surface area contributed by atoms with Gasteiger partial charge in [-0.05, 0) is 24.3 Å². The molecule has 21 heavy (non-hydrogen) atoms. The average molecular weight is 303 g/mol. The van der Waals surface area contributed by atoms with Gasteiger partial charge in [-0.15, -0.1) is 0 Å². The highest BCUT2D eigenvalue weighted by atomic mass is 19.4. The first-order valence-corrected chi connectivity index (χ1v) is 5.78. The minimum absolute atomic E-state index is 0.0280. The van der Waals surface area contributed by atoms with Crippen molar-refractivity contribution in [1.29, 1.82) is 0 Å². The van der Waals surface area contributed by atoms with Gasteiger partial charge in [0.2, 0.25) is 0 Å². The third kappa shape index (κ3) is 3.59. The Bertz CT molecular complexity index is 655. The lowest BCUT2D eigenvalue weighted by atomic mass is 10.2. The molecule has 0 unspecified atom stereocenters. The largest absolute Gasteiger partial charge is 0.433 e. The number of nitrogens with two attached hydrogens (primary N) is 1. The summed E-state index contributed by atoms with van der Waals surface area (Å²) in [4.78, 5) is 3.17. The minimum atomic E-state index is -4.62. The number of nitrogens with zero attached hydrogens (tertiary/aromatic N) is 1. The highest BCUT2D eigenvalue weighted by Crippen LogP contribution is 2.31. The predicted octanol–water partition coefficient (Wildman–Crippen LogP) is 3.57. The summed E-state index contributed by atoms with van der Waals surface area (Å²) in [5, 5.41) is 2.54. The van der Waals surface area contributed by atoms with Crippen molar-refractivity contribution in [2.24, 2.45) is 0 Å². The van der Waals surface area contributed by atoms with Gasteiger partial charge in [-0.1, -0.05) is 0 Å². The fourth-order valence-electron chi connectivity index (χ4n) is 1.64. The summed E-state index contributed by atoms with van der Waals surface area (Å²) < 4.78 is 64.0. The Morgan fingerprint density at radius 1 is 1.14 bits per heavy atom. The van der Waals surface area contributed by atoms with Gasteiger partial charge in [-0.2, -0.15) is 13.2 Å². The SMILES string of the molecule is Nc1cnc(C(F)(F)F)cc1NCc1cc(F)ccc1F. The number of nitrogen functional groups attached to an aromatic ring is 1. The van der Waals surface area contributed by atoms with Crippen molar-refractivity contribution in [3.8, 4) is 0 Å². The number of hydrogen-bond donors (Lipinski definition) is 2. The van der Waals surface area contributed by atoms with Crippen LogP contribution in [0.4, 0.5) is 33.3 Å². The molecule has 3 N–H and O–H groups in total. The van der Waals surface area contributed by atoms with Crippen LogP contribution in [0.5, 0.6) is 0 Å². The van der Waals surface area contributed by atoms with Gasteiger partial charge in [-0.25, -0.2) is 13.8 Å². The third-order valence-corrected chi connectivity index (χ3v) is 2.70. The van der Waals surface area contributed by atoms with Gasteiger partial charge in [-0.3, -0.25) is 0 Å². The van der Waals surface area contributed by atoms with Crippen molar-refractivity contribution >= 4 is 11.4 Å². The van der Waals surface area contributed by atoms with Crippen molar-refractivity contribution in [2.75, 3.05) is 11.1 Å². The first kappa shape index (κ1) is 15.0. The molecular weight excluding hydrogens is 293 g/mol. The fourth-order valence-corrected chi connectivity index (χ4v) is 1.64. The van der Waals surface area contributed by atoms with Crippen molar-refractivity contribution in [3.05, 3.63) is 53.4 Å². The topological polar surface area (TPSA) is 50.9 Å². The normalized spacial score (nSPS) is 11.5. The number of benzene rings is 1. The molecule has 0 bridgehead atoms. The second-order valence-electron chi connectivity index (χ2n) is 4.24. The molecule has 1 aromatic heterocycles. The summed E-state index contributed by atoms with van der Waals surface area (Å²) in [5.41, 5.74) is 4.27. The number of alkyl halides is 3. The number of hydrogen-bond acceptors (Lipinski definition) is 3. The van der Waals surface area contributed by atoms with Crippen LogP contribution in [0.15, 0.2) is 30.5 Å². The van der Waals surface area contributed by atoms with Crippen LogP contribution in [-0.4, -0.2) is 4.98 Å². The Labute approximate surface area is 116 Å². The van der Waals surface area contributed by atoms with E-state index < -0.39 is 23.5 Å². The zero-order valence-electron chi connectivity index (χ0n) is 10.5. The van der Waals surface area contributed by atoms with Gasteiger partial charge < -0.3 is 11.1 Å². The summed E-state index contributed by atoms with van der Waals surface area (Å²) >= 11 is 0. The van der Waals surface area contributed by atoms with Gasteiger partial charge in [0.05, 0.1) is 17.6 Å². The molecule has 0 saturated carbocycles. The van der Waals surface area contributed by atoms with Gasteiger partial charge in [0.1, 0.15) is 17.3 Å². The van der Waals surface area contributed by atoms with E-state index in [-0.39, 0.29) is 23.5 Å². The maximum Gasteiger partial charge on any atom is 0.433 e. The number of halogens is 5. The smallest absolute Gasteiger partial charge is 0.396 e. The first-order chi connectivity index (χ1) is 9.77. The van der Waals surface area contributed by atoms with Crippen LogP contribution in [0.25, 0.3) is 0 Å². The fraction of sp³-hybridized carbons (Fsp3) is 0.154. The number of nitrogens with one attached hydrogen (secondary N) is 1. The van der Waals surface area contributed by atoms with Crippen molar-refractivity contribution in [3.63, 3.8) is 0 Å². The van der Waals surface area contributed by atoms with Crippen molar-refractivity contribution in [2.45, 2.75) is 12.7 Å². The van der Waals surface area contributed by atoms with Crippen LogP contribution in [0.2, 0.25) is 0 Å². The number of rotatable bonds is 3. The molecule has 0 aliphatic rings. The van der Waals surface area contributed by atoms with Crippen LogP contribution in [-0.2, 0) is 12.7 Å². The summed E-state index contributed by atoms with van der Waals surface area (Å²) in [6, 6.07) is 3.54. The minimum Gasteiger partial charge on any atom is -0.396 e.